The fourth-order valence-electron chi connectivity index (χ4n) is 11.2. The van der Waals surface area contributed by atoms with Crippen molar-refractivity contribution in [2.75, 3.05) is 0 Å². The molecule has 1 aliphatic rings. The maximum Gasteiger partial charge on any atom is 0.345 e. The van der Waals surface area contributed by atoms with Crippen LogP contribution in [0, 0.1) is 0 Å². The minimum atomic E-state index is -0.642. The highest BCUT2D eigenvalue weighted by Gasteiger charge is 2.40. The maximum absolute atomic E-state index is 14.8. The molecule has 0 spiro atoms. The van der Waals surface area contributed by atoms with E-state index in [0.717, 1.165) is 76.6 Å². The minimum absolute atomic E-state index is 0.207. The zero-order valence-electron chi connectivity index (χ0n) is 44.9. The number of rotatable bonds is 2. The summed E-state index contributed by atoms with van der Waals surface area (Å²) in [6.07, 6.45) is 4.43. The molecule has 0 atom stereocenters. The Morgan fingerprint density at radius 3 is 0.843 bits per heavy atom. The lowest BCUT2D eigenvalue weighted by Crippen LogP contribution is -2.32. The molecule has 1 aliphatic carbocycles. The van der Waals surface area contributed by atoms with Crippen LogP contribution in [0.4, 0.5) is 0 Å². The van der Waals surface area contributed by atoms with Crippen LogP contribution in [0.1, 0.15) is 201 Å². The summed E-state index contributed by atoms with van der Waals surface area (Å²) >= 11 is 0. The Balaban J connectivity index is 1.45. The van der Waals surface area contributed by atoms with Gasteiger partial charge in [0.15, 0.2) is 0 Å². The van der Waals surface area contributed by atoms with Crippen LogP contribution < -0.4 is 22.5 Å². The van der Waals surface area contributed by atoms with Gasteiger partial charge in [0.05, 0.1) is 21.5 Å². The van der Waals surface area contributed by atoms with Crippen LogP contribution in [-0.2, 0) is 37.9 Å². The topological polar surface area (TPSA) is 121 Å². The molecule has 1 fully saturated rings. The molecule has 8 nitrogen and oxygen atoms in total. The molecule has 0 unspecified atom stereocenters. The minimum Gasteiger partial charge on any atom is -0.422 e. The van der Waals surface area contributed by atoms with Crippen LogP contribution in [0.2, 0.25) is 0 Å². The van der Waals surface area contributed by atoms with E-state index in [2.05, 4.69) is 161 Å². The molecular weight excluding hydrogens is 873 g/mol. The zero-order chi connectivity index (χ0) is 51.4. The molecule has 4 aromatic carbocycles. The molecule has 8 aromatic rings. The van der Waals surface area contributed by atoms with E-state index < -0.39 is 49.6 Å². The van der Waals surface area contributed by atoms with E-state index >= 15 is 0 Å². The van der Waals surface area contributed by atoms with Gasteiger partial charge in [-0.1, -0.05) is 168 Å². The number of hydrogen-bond acceptors (Lipinski definition) is 8. The van der Waals surface area contributed by atoms with Gasteiger partial charge >= 0.3 is 22.5 Å². The summed E-state index contributed by atoms with van der Waals surface area (Å²) in [5.41, 5.74) is 3.41. The molecule has 1 saturated carbocycles. The molecule has 0 aliphatic heterocycles. The van der Waals surface area contributed by atoms with Gasteiger partial charge < -0.3 is 17.7 Å². The van der Waals surface area contributed by atoms with Gasteiger partial charge in [-0.25, -0.2) is 19.2 Å². The molecule has 4 aromatic heterocycles. The average molecular weight is 945 g/mol. The zero-order valence-corrected chi connectivity index (χ0v) is 44.9. The molecule has 0 N–H and O–H groups in total. The third-order valence-corrected chi connectivity index (χ3v) is 15.3. The Morgan fingerprint density at radius 1 is 0.329 bits per heavy atom. The third-order valence-electron chi connectivity index (χ3n) is 15.3. The Bertz CT molecular complexity index is 3520. The molecule has 368 valence electrons. The summed E-state index contributed by atoms with van der Waals surface area (Å²) in [7, 11) is 0. The van der Waals surface area contributed by atoms with E-state index in [1.54, 1.807) is 0 Å². The lowest BCUT2D eigenvalue weighted by atomic mass is 9.63. The fraction of sp³-hybridized carbons (Fsp3) is 0.484. The first kappa shape index (κ1) is 49.2. The Labute approximate surface area is 410 Å². The quantitative estimate of drug-likeness (QED) is 0.124. The van der Waals surface area contributed by atoms with Gasteiger partial charge in [0, 0.05) is 49.2 Å². The smallest absolute Gasteiger partial charge is 0.345 e. The summed E-state index contributed by atoms with van der Waals surface area (Å²) in [5.74, 6) is 0. The first-order chi connectivity index (χ1) is 32.1. The molecule has 9 rings (SSSR count). The highest BCUT2D eigenvalue weighted by atomic mass is 16.4. The number of fused-ring (bicyclic) bond motifs is 10. The van der Waals surface area contributed by atoms with E-state index in [1.165, 1.54) is 0 Å². The standard InChI is InChI=1S/C62H72O8/c1-56(2,3)32-24-36-44-46(54(65)67-48(36)40(28-32)58(7,8)9)38-26-34(30-42(60(13,14)15)50(38)69-52(44)63)62(22-20-19-21-23-62)35-27-39-47-45(53(64)70-51(39)43(31-35)61(16,17)18)37-25-33(57(4,5)6)29-41(59(10,11)12)49(37)68-55(47)66/h24-31H,19-23H2,1-18H3. The SMILES string of the molecule is CC(C)(C)c1cc(C(C)(C)C)c2oc(=O)c3c4cc(C5(c6cc(C(C)(C)C)c7oc(=O)c8c9cc(C(C)(C)C)cc(C(C)(C)C)c9oc(=O)c8c7c6)CCCCC5)cc(C(C)(C)C)c4oc(=O)c3c2c1. The van der Waals surface area contributed by atoms with Gasteiger partial charge in [0.2, 0.25) is 0 Å². The van der Waals surface area contributed by atoms with Crippen molar-refractivity contribution in [3.05, 3.63) is 135 Å². The normalized spacial score (nSPS) is 15.6. The highest BCUT2D eigenvalue weighted by Crippen LogP contribution is 2.50. The molecule has 4 heterocycles. The monoisotopic (exact) mass is 945 g/mol. The second kappa shape index (κ2) is 15.6. The van der Waals surface area contributed by atoms with E-state index in [4.69, 9.17) is 17.7 Å². The summed E-state index contributed by atoms with van der Waals surface area (Å²) in [6, 6.07) is 16.7. The van der Waals surface area contributed by atoms with Gasteiger partial charge in [-0.05, 0) is 91.9 Å². The number of benzene rings is 4. The Kier molecular flexibility index (Phi) is 11.0. The lowest BCUT2D eigenvalue weighted by Gasteiger charge is -2.40. The number of hydrogen-bond donors (Lipinski definition) is 0. The van der Waals surface area contributed by atoms with Crippen molar-refractivity contribution in [2.45, 2.75) is 195 Å². The van der Waals surface area contributed by atoms with Gasteiger partial charge in [-0.2, -0.15) is 0 Å². The molecule has 0 bridgehead atoms. The van der Waals surface area contributed by atoms with Crippen molar-refractivity contribution in [1.82, 2.24) is 0 Å². The summed E-state index contributed by atoms with van der Waals surface area (Å²) in [5, 5.41) is 3.03. The predicted octanol–water partition coefficient (Wildman–Crippen LogP) is 15.5. The van der Waals surface area contributed by atoms with Crippen LogP contribution in [0.25, 0.3) is 65.4 Å². The van der Waals surface area contributed by atoms with Crippen molar-refractivity contribution >= 4 is 65.4 Å². The van der Waals surface area contributed by atoms with Crippen LogP contribution in [0.15, 0.2) is 85.4 Å². The summed E-state index contributed by atoms with van der Waals surface area (Å²) in [6.45, 7) is 37.9. The Morgan fingerprint density at radius 2 is 0.586 bits per heavy atom. The van der Waals surface area contributed by atoms with E-state index in [9.17, 15) is 19.2 Å². The highest BCUT2D eigenvalue weighted by molar-refractivity contribution is 6.16. The first-order valence-corrected chi connectivity index (χ1v) is 25.3. The van der Waals surface area contributed by atoms with E-state index in [-0.39, 0.29) is 32.4 Å². The molecule has 70 heavy (non-hydrogen) atoms. The van der Waals surface area contributed by atoms with Gasteiger partial charge in [-0.3, -0.25) is 0 Å². The van der Waals surface area contributed by atoms with Gasteiger partial charge in [0.25, 0.3) is 0 Å². The second-order valence-corrected chi connectivity index (χ2v) is 26.8. The van der Waals surface area contributed by atoms with Crippen LogP contribution in [-0.4, -0.2) is 0 Å². The van der Waals surface area contributed by atoms with Crippen molar-refractivity contribution in [2.24, 2.45) is 0 Å². The first-order valence-electron chi connectivity index (χ1n) is 25.3. The van der Waals surface area contributed by atoms with Crippen LogP contribution >= 0.6 is 0 Å². The lowest BCUT2D eigenvalue weighted by molar-refractivity contribution is 0.345. The maximum atomic E-state index is 14.8. The van der Waals surface area contributed by atoms with Gasteiger partial charge in [-0.15, -0.1) is 0 Å². The van der Waals surface area contributed by atoms with E-state index in [0.29, 0.717) is 43.9 Å². The predicted molar refractivity (Wildman–Crippen MR) is 288 cm³/mol. The molecule has 0 saturated heterocycles. The largest absolute Gasteiger partial charge is 0.422 e. The van der Waals surface area contributed by atoms with Crippen LogP contribution in [0.5, 0.6) is 0 Å². The third kappa shape index (κ3) is 7.87. The van der Waals surface area contributed by atoms with Crippen LogP contribution in [0.3, 0.4) is 0 Å². The van der Waals surface area contributed by atoms with Crippen molar-refractivity contribution < 1.29 is 17.7 Å². The molecule has 0 radical (unpaired) electrons. The fourth-order valence-corrected chi connectivity index (χ4v) is 11.2. The molecular formula is C62H72O8. The van der Waals surface area contributed by atoms with Crippen molar-refractivity contribution in [3.8, 4) is 0 Å². The molecule has 8 heteroatoms. The second-order valence-electron chi connectivity index (χ2n) is 26.8. The summed E-state index contributed by atoms with van der Waals surface area (Å²) in [4.78, 5) is 59.0. The van der Waals surface area contributed by atoms with Crippen molar-refractivity contribution in [1.29, 1.82) is 0 Å². The average Bonchev–Trinajstić information content (AvgIpc) is 3.23. The van der Waals surface area contributed by atoms with E-state index in [1.807, 2.05) is 12.1 Å². The molecule has 0 amide bonds. The van der Waals surface area contributed by atoms with Gasteiger partial charge in [0.1, 0.15) is 22.3 Å². The summed E-state index contributed by atoms with van der Waals surface area (Å²) < 4.78 is 25.8. The Hall–Kier alpha value is -5.76. The van der Waals surface area contributed by atoms with Crippen molar-refractivity contribution in [3.63, 3.8) is 0 Å².